The van der Waals surface area contributed by atoms with Crippen LogP contribution in [0.2, 0.25) is 0 Å². The van der Waals surface area contributed by atoms with Gasteiger partial charge in [0.25, 0.3) is 0 Å². The van der Waals surface area contributed by atoms with E-state index in [-0.39, 0.29) is 30.8 Å². The van der Waals surface area contributed by atoms with Gasteiger partial charge in [-0.1, -0.05) is 49.6 Å². The number of amides is 2. The van der Waals surface area contributed by atoms with Gasteiger partial charge in [0.15, 0.2) is 0 Å². The van der Waals surface area contributed by atoms with E-state index < -0.39 is 16.1 Å². The maximum Gasteiger partial charge on any atom is 0.242 e. The van der Waals surface area contributed by atoms with E-state index in [0.717, 1.165) is 37.5 Å². The molecule has 3 rings (SSSR count). The predicted molar refractivity (Wildman–Crippen MR) is 155 cm³/mol. The van der Waals surface area contributed by atoms with E-state index in [1.807, 2.05) is 37.3 Å². The third-order valence-electron chi connectivity index (χ3n) is 7.19. The summed E-state index contributed by atoms with van der Waals surface area (Å²) in [6.45, 7) is 4.76. The van der Waals surface area contributed by atoms with Gasteiger partial charge in [-0.3, -0.25) is 13.9 Å². The number of rotatable bonds is 14. The summed E-state index contributed by atoms with van der Waals surface area (Å²) in [4.78, 5) is 28.2. The molecule has 2 amide bonds. The Labute approximate surface area is 233 Å². The summed E-state index contributed by atoms with van der Waals surface area (Å²) in [5, 5.41) is 3.15. The topological polar surface area (TPSA) is 96.0 Å². The number of carbonyl (C=O) groups excluding carboxylic acids is 2. The van der Waals surface area contributed by atoms with Gasteiger partial charge in [0.1, 0.15) is 11.8 Å². The molecule has 1 saturated carbocycles. The largest absolute Gasteiger partial charge is 0.494 e. The van der Waals surface area contributed by atoms with Crippen LogP contribution in [0.1, 0.15) is 64.4 Å². The van der Waals surface area contributed by atoms with Crippen LogP contribution in [-0.4, -0.2) is 63.2 Å². The molecular weight excluding hydrogens is 514 g/mol. The Morgan fingerprint density at radius 1 is 1.00 bits per heavy atom. The van der Waals surface area contributed by atoms with Crippen molar-refractivity contribution in [2.75, 3.05) is 30.3 Å². The first kappa shape index (κ1) is 30.5. The SMILES string of the molecule is CCOc1ccc(N(CCCC(=O)N(CCc2ccccc2)[C@H](C)C(=O)NC2CCCCC2)S(C)(=O)=O)cc1. The van der Waals surface area contributed by atoms with Crippen molar-refractivity contribution in [3.8, 4) is 5.75 Å². The Morgan fingerprint density at radius 3 is 2.28 bits per heavy atom. The molecule has 2 aromatic rings. The average molecular weight is 558 g/mol. The van der Waals surface area contributed by atoms with Crippen molar-refractivity contribution in [1.82, 2.24) is 10.2 Å². The van der Waals surface area contributed by atoms with E-state index in [4.69, 9.17) is 4.74 Å². The lowest BCUT2D eigenvalue weighted by Crippen LogP contribution is -2.51. The van der Waals surface area contributed by atoms with Crippen LogP contribution < -0.4 is 14.4 Å². The van der Waals surface area contributed by atoms with Gasteiger partial charge in [-0.05, 0) is 69.4 Å². The Bertz CT molecular complexity index is 1150. The van der Waals surface area contributed by atoms with Crippen LogP contribution in [0.25, 0.3) is 0 Å². The highest BCUT2D eigenvalue weighted by atomic mass is 32.2. The van der Waals surface area contributed by atoms with Crippen LogP contribution in [-0.2, 0) is 26.0 Å². The molecule has 9 heteroatoms. The molecule has 1 fully saturated rings. The minimum atomic E-state index is -3.55. The van der Waals surface area contributed by atoms with Crippen LogP contribution in [0.5, 0.6) is 5.75 Å². The third kappa shape index (κ3) is 9.56. The Balaban J connectivity index is 1.66. The molecule has 8 nitrogen and oxygen atoms in total. The third-order valence-corrected chi connectivity index (χ3v) is 8.39. The molecule has 1 aliphatic carbocycles. The van der Waals surface area contributed by atoms with Crippen LogP contribution in [0.15, 0.2) is 54.6 Å². The number of benzene rings is 2. The fourth-order valence-electron chi connectivity index (χ4n) is 5.02. The lowest BCUT2D eigenvalue weighted by molar-refractivity contribution is -0.140. The van der Waals surface area contributed by atoms with Gasteiger partial charge in [-0.2, -0.15) is 0 Å². The first-order chi connectivity index (χ1) is 18.7. The van der Waals surface area contributed by atoms with Gasteiger partial charge >= 0.3 is 0 Å². The quantitative estimate of drug-likeness (QED) is 0.368. The Morgan fingerprint density at radius 2 is 1.67 bits per heavy atom. The first-order valence-electron chi connectivity index (χ1n) is 14.0. The molecule has 39 heavy (non-hydrogen) atoms. The lowest BCUT2D eigenvalue weighted by Gasteiger charge is -2.31. The van der Waals surface area contributed by atoms with E-state index in [9.17, 15) is 18.0 Å². The van der Waals surface area contributed by atoms with Crippen molar-refractivity contribution < 1.29 is 22.7 Å². The minimum absolute atomic E-state index is 0.129. The number of sulfonamides is 1. The molecule has 1 aliphatic rings. The molecule has 0 unspecified atom stereocenters. The maximum atomic E-state index is 13.4. The number of hydrogen-bond donors (Lipinski definition) is 1. The summed E-state index contributed by atoms with van der Waals surface area (Å²) in [7, 11) is -3.55. The molecule has 2 aromatic carbocycles. The monoisotopic (exact) mass is 557 g/mol. The zero-order valence-corrected chi connectivity index (χ0v) is 24.3. The number of hydrogen-bond acceptors (Lipinski definition) is 5. The summed E-state index contributed by atoms with van der Waals surface area (Å²) >= 11 is 0. The number of nitrogens with zero attached hydrogens (tertiary/aromatic N) is 2. The van der Waals surface area contributed by atoms with Gasteiger partial charge in [0, 0.05) is 25.6 Å². The molecule has 0 radical (unpaired) electrons. The number of anilines is 1. The van der Waals surface area contributed by atoms with E-state index in [1.54, 1.807) is 36.1 Å². The van der Waals surface area contributed by atoms with Gasteiger partial charge in [-0.15, -0.1) is 0 Å². The molecular formula is C30H43N3O5S. The first-order valence-corrected chi connectivity index (χ1v) is 15.9. The summed E-state index contributed by atoms with van der Waals surface area (Å²) in [6, 6.07) is 16.3. The van der Waals surface area contributed by atoms with E-state index in [1.165, 1.54) is 10.7 Å². The summed E-state index contributed by atoms with van der Waals surface area (Å²) in [6.07, 6.45) is 7.64. The van der Waals surface area contributed by atoms with Crippen LogP contribution in [0.3, 0.4) is 0 Å². The second-order valence-electron chi connectivity index (χ2n) is 10.2. The molecule has 0 saturated heterocycles. The summed E-state index contributed by atoms with van der Waals surface area (Å²) in [5.74, 6) is 0.382. The molecule has 214 valence electrons. The molecule has 0 aliphatic heterocycles. The van der Waals surface area contributed by atoms with E-state index in [2.05, 4.69) is 5.32 Å². The second-order valence-corrected chi connectivity index (χ2v) is 12.1. The summed E-state index contributed by atoms with van der Waals surface area (Å²) in [5.41, 5.74) is 1.61. The van der Waals surface area contributed by atoms with E-state index >= 15 is 0 Å². The fraction of sp³-hybridized carbons (Fsp3) is 0.533. The van der Waals surface area contributed by atoms with Crippen LogP contribution in [0.4, 0.5) is 5.69 Å². The van der Waals surface area contributed by atoms with Gasteiger partial charge in [0.05, 0.1) is 18.6 Å². The molecule has 1 N–H and O–H groups in total. The zero-order chi connectivity index (χ0) is 28.3. The molecule has 0 bridgehead atoms. The molecule has 0 aromatic heterocycles. The van der Waals surface area contributed by atoms with Crippen molar-refractivity contribution in [1.29, 1.82) is 0 Å². The summed E-state index contributed by atoms with van der Waals surface area (Å²) < 4.78 is 31.9. The van der Waals surface area contributed by atoms with Crippen molar-refractivity contribution >= 4 is 27.5 Å². The van der Waals surface area contributed by atoms with Crippen LogP contribution in [0, 0.1) is 0 Å². The normalized spacial score (nSPS) is 14.8. The number of ether oxygens (including phenoxy) is 1. The second kappa shape index (κ2) is 14.9. The smallest absolute Gasteiger partial charge is 0.242 e. The Kier molecular flexibility index (Phi) is 11.7. The number of carbonyl (C=O) groups is 2. The van der Waals surface area contributed by atoms with Crippen LogP contribution >= 0.6 is 0 Å². The van der Waals surface area contributed by atoms with Gasteiger partial charge in [-0.25, -0.2) is 8.42 Å². The standard InChI is InChI=1S/C30H43N3O5S/c1-4-38-28-19-17-27(18-20-28)33(39(3,36)37)22-11-16-29(34)32(23-21-25-12-7-5-8-13-25)24(2)30(35)31-26-14-9-6-10-15-26/h5,7-8,12-13,17-20,24,26H,4,6,9-11,14-16,21-23H2,1-3H3,(H,31,35)/t24-/m1/s1. The van der Waals surface area contributed by atoms with Crippen molar-refractivity contribution in [2.45, 2.75) is 77.3 Å². The van der Waals surface area contributed by atoms with Crippen molar-refractivity contribution in [3.05, 3.63) is 60.2 Å². The van der Waals surface area contributed by atoms with Gasteiger partial charge < -0.3 is 15.0 Å². The molecule has 1 atom stereocenters. The van der Waals surface area contributed by atoms with Crippen molar-refractivity contribution in [2.24, 2.45) is 0 Å². The highest BCUT2D eigenvalue weighted by Crippen LogP contribution is 2.23. The lowest BCUT2D eigenvalue weighted by atomic mass is 9.95. The maximum absolute atomic E-state index is 13.4. The Hall–Kier alpha value is -3.07. The highest BCUT2D eigenvalue weighted by Gasteiger charge is 2.28. The molecule has 0 heterocycles. The molecule has 0 spiro atoms. The van der Waals surface area contributed by atoms with Gasteiger partial charge in [0.2, 0.25) is 21.8 Å². The highest BCUT2D eigenvalue weighted by molar-refractivity contribution is 7.92. The number of nitrogens with one attached hydrogen (secondary N) is 1. The van der Waals surface area contributed by atoms with E-state index in [0.29, 0.717) is 37.4 Å². The fourth-order valence-corrected chi connectivity index (χ4v) is 5.98. The van der Waals surface area contributed by atoms with Crippen molar-refractivity contribution in [3.63, 3.8) is 0 Å². The predicted octanol–water partition coefficient (Wildman–Crippen LogP) is 4.54. The zero-order valence-electron chi connectivity index (χ0n) is 23.5. The minimum Gasteiger partial charge on any atom is -0.494 e. The average Bonchev–Trinajstić information content (AvgIpc) is 2.92.